The van der Waals surface area contributed by atoms with E-state index in [-0.39, 0.29) is 39.0 Å². The summed E-state index contributed by atoms with van der Waals surface area (Å²) in [6, 6.07) is 3.90. The van der Waals surface area contributed by atoms with E-state index in [1.54, 1.807) is 6.92 Å². The minimum Gasteiger partial charge on any atom is -0.507 e. The number of hydrogen-bond acceptors (Lipinski definition) is 6. The quantitative estimate of drug-likeness (QED) is 0.402. The van der Waals surface area contributed by atoms with Crippen LogP contribution in [-0.4, -0.2) is 49.2 Å². The Hall–Kier alpha value is -4.66. The molecule has 0 heterocycles. The molecule has 0 fully saturated rings. The number of carboxylic acids is 3. The highest BCUT2D eigenvalue weighted by atomic mass is 16.4. The number of carbonyl (C=O) groups excluding carboxylic acids is 1. The third-order valence-corrected chi connectivity index (χ3v) is 5.83. The Balaban J connectivity index is 2.59. The van der Waals surface area contributed by atoms with Gasteiger partial charge in [-0.2, -0.15) is 0 Å². The van der Waals surface area contributed by atoms with E-state index in [1.807, 2.05) is 0 Å². The molecule has 35 heavy (non-hydrogen) atoms. The summed E-state index contributed by atoms with van der Waals surface area (Å²) in [7, 11) is 0. The number of hydrogen-bond donors (Lipinski definition) is 5. The molecule has 0 bridgehead atoms. The third-order valence-electron chi connectivity index (χ3n) is 5.83. The number of phenols is 2. The molecule has 0 amide bonds. The first-order valence-corrected chi connectivity index (χ1v) is 10.3. The third kappa shape index (κ3) is 4.31. The summed E-state index contributed by atoms with van der Waals surface area (Å²) in [5.74, 6) is -5.89. The molecule has 3 rings (SSSR count). The van der Waals surface area contributed by atoms with E-state index in [9.17, 15) is 44.7 Å². The van der Waals surface area contributed by atoms with Crippen LogP contribution in [0.1, 0.15) is 55.5 Å². The predicted octanol–water partition coefficient (Wildman–Crippen LogP) is 3.76. The number of rotatable bonds is 5. The Morgan fingerprint density at radius 3 is 1.91 bits per heavy atom. The molecule has 180 valence electrons. The molecule has 9 heteroatoms. The van der Waals surface area contributed by atoms with Crippen LogP contribution in [-0.2, 0) is 9.59 Å². The second-order valence-electron chi connectivity index (χ2n) is 8.24. The molecule has 0 spiro atoms. The van der Waals surface area contributed by atoms with Gasteiger partial charge in [0.05, 0.1) is 0 Å². The van der Waals surface area contributed by atoms with Crippen molar-refractivity contribution in [2.45, 2.75) is 27.7 Å². The first-order valence-electron chi connectivity index (χ1n) is 10.3. The Morgan fingerprint density at radius 1 is 0.743 bits per heavy atom. The van der Waals surface area contributed by atoms with Gasteiger partial charge >= 0.3 is 17.9 Å². The van der Waals surface area contributed by atoms with Crippen LogP contribution in [0.4, 0.5) is 0 Å². The number of allylic oxidation sites excluding steroid dienone is 4. The maximum atomic E-state index is 12.4. The predicted molar refractivity (Wildman–Crippen MR) is 125 cm³/mol. The van der Waals surface area contributed by atoms with Crippen molar-refractivity contribution < 1.29 is 44.7 Å². The minimum atomic E-state index is -1.46. The molecule has 2 aromatic carbocycles. The molecule has 2 aromatic rings. The smallest absolute Gasteiger partial charge is 0.339 e. The highest BCUT2D eigenvalue weighted by Crippen LogP contribution is 2.40. The highest BCUT2D eigenvalue weighted by Gasteiger charge is 2.28. The summed E-state index contributed by atoms with van der Waals surface area (Å²) in [6.07, 6.45) is 2.57. The van der Waals surface area contributed by atoms with Crippen LogP contribution in [0.5, 0.6) is 11.5 Å². The van der Waals surface area contributed by atoms with E-state index < -0.39 is 46.3 Å². The van der Waals surface area contributed by atoms with E-state index in [0.717, 1.165) is 6.08 Å². The van der Waals surface area contributed by atoms with Gasteiger partial charge in [-0.25, -0.2) is 14.4 Å². The summed E-state index contributed by atoms with van der Waals surface area (Å²) in [4.78, 5) is 47.8. The van der Waals surface area contributed by atoms with Gasteiger partial charge in [-0.3, -0.25) is 4.79 Å². The molecular weight excluding hydrogens is 456 g/mol. The molecule has 1 aliphatic carbocycles. The number of benzene rings is 2. The highest BCUT2D eigenvalue weighted by molar-refractivity contribution is 6.25. The summed E-state index contributed by atoms with van der Waals surface area (Å²) in [5, 5.41) is 49.4. The molecule has 0 saturated carbocycles. The van der Waals surface area contributed by atoms with Crippen molar-refractivity contribution in [1.82, 2.24) is 0 Å². The lowest BCUT2D eigenvalue weighted by Gasteiger charge is -2.22. The Kier molecular flexibility index (Phi) is 6.38. The maximum Gasteiger partial charge on any atom is 0.339 e. The van der Waals surface area contributed by atoms with Crippen molar-refractivity contribution in [3.05, 3.63) is 86.0 Å². The second-order valence-corrected chi connectivity index (χ2v) is 8.24. The van der Waals surface area contributed by atoms with Crippen LogP contribution in [0.15, 0.2) is 47.1 Å². The van der Waals surface area contributed by atoms with Crippen molar-refractivity contribution in [3.63, 3.8) is 0 Å². The normalized spacial score (nSPS) is 14.8. The van der Waals surface area contributed by atoms with Gasteiger partial charge in [0.15, 0.2) is 5.78 Å². The monoisotopic (exact) mass is 478 g/mol. The SMILES string of the molecule is CC1=C/C(=C(/c2cc(C)c(O)c(C(=O)O)c2)c2c(C)cc(O)c(C(=O)O)c2C)C=C(C(=O)O)C1=O. The van der Waals surface area contributed by atoms with Crippen LogP contribution in [0.25, 0.3) is 5.57 Å². The summed E-state index contributed by atoms with van der Waals surface area (Å²) >= 11 is 0. The van der Waals surface area contributed by atoms with Gasteiger partial charge in [-0.1, -0.05) is 0 Å². The zero-order valence-corrected chi connectivity index (χ0v) is 19.3. The van der Waals surface area contributed by atoms with Crippen molar-refractivity contribution >= 4 is 29.3 Å². The standard InChI is InChI=1S/C26H22O9/c1-10-7-18(27)20(26(34)35)13(4)19(10)21(14-5-11(2)22(28)16(8-14)24(30)31)15-6-12(3)23(29)17(9-15)25(32)33/h5-9,27-28H,1-4H3,(H,30,31)(H,32,33)(H,34,35)/b21-15+. The van der Waals surface area contributed by atoms with Gasteiger partial charge < -0.3 is 25.5 Å². The van der Waals surface area contributed by atoms with Crippen LogP contribution < -0.4 is 0 Å². The first kappa shape index (κ1) is 25.0. The van der Waals surface area contributed by atoms with Gasteiger partial charge in [0, 0.05) is 0 Å². The Labute approximate surface area is 199 Å². The van der Waals surface area contributed by atoms with E-state index >= 15 is 0 Å². The molecular formula is C26H22O9. The molecule has 5 N–H and O–H groups in total. The first-order chi connectivity index (χ1) is 16.3. The summed E-state index contributed by atoms with van der Waals surface area (Å²) < 4.78 is 0. The van der Waals surface area contributed by atoms with E-state index in [4.69, 9.17) is 0 Å². The molecule has 0 aliphatic heterocycles. The summed E-state index contributed by atoms with van der Waals surface area (Å²) in [6.45, 7) is 5.98. The molecule has 1 aliphatic rings. The molecule has 0 radical (unpaired) electrons. The van der Waals surface area contributed by atoms with E-state index in [0.29, 0.717) is 11.1 Å². The fraction of sp³-hybridized carbons (Fsp3) is 0.154. The van der Waals surface area contributed by atoms with Crippen LogP contribution in [0, 0.1) is 20.8 Å². The zero-order valence-electron chi connectivity index (χ0n) is 19.3. The van der Waals surface area contributed by atoms with Gasteiger partial charge in [-0.05, 0) is 103 Å². The largest absolute Gasteiger partial charge is 0.507 e. The minimum absolute atomic E-state index is 0.110. The molecule has 9 nitrogen and oxygen atoms in total. The average molecular weight is 478 g/mol. The van der Waals surface area contributed by atoms with E-state index in [2.05, 4.69) is 0 Å². The van der Waals surface area contributed by atoms with Crippen molar-refractivity contribution in [2.24, 2.45) is 0 Å². The molecule has 0 aromatic heterocycles. The van der Waals surface area contributed by atoms with Crippen LogP contribution >= 0.6 is 0 Å². The van der Waals surface area contributed by atoms with Crippen molar-refractivity contribution in [3.8, 4) is 11.5 Å². The number of aliphatic carboxylic acids is 1. The van der Waals surface area contributed by atoms with Crippen LogP contribution in [0.2, 0.25) is 0 Å². The lowest BCUT2D eigenvalue weighted by atomic mass is 9.81. The number of Topliss-reactive ketones (excluding diaryl/α,β-unsaturated/α-hetero) is 1. The number of ketones is 1. The second kappa shape index (κ2) is 8.94. The summed E-state index contributed by atoms with van der Waals surface area (Å²) in [5.41, 5.74) is 0.563. The zero-order chi connectivity index (χ0) is 26.4. The number of aryl methyl sites for hydroxylation is 2. The lowest BCUT2D eigenvalue weighted by molar-refractivity contribution is -0.134. The van der Waals surface area contributed by atoms with Gasteiger partial charge in [-0.15, -0.1) is 0 Å². The number of carbonyl (C=O) groups is 4. The van der Waals surface area contributed by atoms with Gasteiger partial charge in [0.2, 0.25) is 0 Å². The number of aromatic hydroxyl groups is 2. The Bertz CT molecular complexity index is 1440. The van der Waals surface area contributed by atoms with E-state index in [1.165, 1.54) is 45.0 Å². The fourth-order valence-electron chi connectivity index (χ4n) is 4.24. The fourth-order valence-corrected chi connectivity index (χ4v) is 4.24. The van der Waals surface area contributed by atoms with Gasteiger partial charge in [0.1, 0.15) is 28.2 Å². The molecule has 0 saturated heterocycles. The average Bonchev–Trinajstić information content (AvgIpc) is 2.74. The number of carboxylic acid groups (broad SMARTS) is 3. The maximum absolute atomic E-state index is 12.4. The van der Waals surface area contributed by atoms with Crippen LogP contribution in [0.3, 0.4) is 0 Å². The molecule has 0 atom stereocenters. The van der Waals surface area contributed by atoms with Crippen molar-refractivity contribution in [2.75, 3.05) is 0 Å². The number of aromatic carboxylic acids is 2. The topological polar surface area (TPSA) is 169 Å². The van der Waals surface area contributed by atoms with Gasteiger partial charge in [0.25, 0.3) is 0 Å². The molecule has 0 unspecified atom stereocenters. The van der Waals surface area contributed by atoms with Crippen molar-refractivity contribution in [1.29, 1.82) is 0 Å². The lowest BCUT2D eigenvalue weighted by Crippen LogP contribution is -2.17. The Morgan fingerprint density at radius 2 is 1.37 bits per heavy atom.